The van der Waals surface area contributed by atoms with Gasteiger partial charge in [0.25, 0.3) is 5.56 Å². The Morgan fingerprint density at radius 3 is 2.71 bits per heavy atom. The first-order chi connectivity index (χ1) is 9.96. The monoisotopic (exact) mass is 326 g/mol. The second kappa shape index (κ2) is 6.32. The van der Waals surface area contributed by atoms with E-state index in [1.54, 1.807) is 12.1 Å². The molecule has 2 rings (SSSR count). The first-order valence-corrected chi connectivity index (χ1v) is 7.14. The fourth-order valence-corrected chi connectivity index (χ4v) is 2.59. The summed E-state index contributed by atoms with van der Waals surface area (Å²) in [5.41, 5.74) is 1.92. The van der Waals surface area contributed by atoms with Crippen molar-refractivity contribution in [1.82, 2.24) is 9.97 Å². The van der Waals surface area contributed by atoms with E-state index in [-0.39, 0.29) is 22.1 Å². The minimum atomic E-state index is -0.223. The first-order valence-electron chi connectivity index (χ1n) is 6.36. The Morgan fingerprint density at radius 1 is 1.38 bits per heavy atom. The van der Waals surface area contributed by atoms with Crippen LogP contribution in [0.5, 0.6) is 11.5 Å². The second-order valence-electron chi connectivity index (χ2n) is 4.52. The molecule has 0 saturated heterocycles. The normalized spacial score (nSPS) is 10.6. The number of nitrogens with one attached hydrogen (secondary N) is 2. The summed E-state index contributed by atoms with van der Waals surface area (Å²) in [4.78, 5) is 17.6. The van der Waals surface area contributed by atoms with Crippen LogP contribution in [-0.2, 0) is 12.8 Å². The molecule has 0 bridgehead atoms. The Morgan fingerprint density at radius 2 is 2.10 bits per heavy atom. The number of phenols is 1. The summed E-state index contributed by atoms with van der Waals surface area (Å²) in [5, 5.41) is 9.92. The van der Waals surface area contributed by atoms with Gasteiger partial charge < -0.3 is 14.8 Å². The molecule has 0 amide bonds. The minimum absolute atomic E-state index is 0.111. The van der Waals surface area contributed by atoms with Crippen molar-refractivity contribution in [2.75, 3.05) is 7.11 Å². The molecule has 7 heteroatoms. The maximum Gasteiger partial charge on any atom is 0.255 e. The molecular weight excluding hydrogens is 312 g/mol. The zero-order valence-corrected chi connectivity index (χ0v) is 13.2. The second-order valence-corrected chi connectivity index (χ2v) is 5.34. The van der Waals surface area contributed by atoms with Crippen molar-refractivity contribution in [2.24, 2.45) is 0 Å². The highest BCUT2D eigenvalue weighted by Gasteiger charge is 2.13. The van der Waals surface area contributed by atoms with Crippen LogP contribution in [0.15, 0.2) is 16.9 Å². The zero-order chi connectivity index (χ0) is 15.6. The number of methoxy groups -OCH3 is 1. The quantitative estimate of drug-likeness (QED) is 0.755. The Hall–Kier alpha value is -1.79. The van der Waals surface area contributed by atoms with E-state index in [1.165, 1.54) is 7.11 Å². The minimum Gasteiger partial charge on any atom is -0.503 e. The fraction of sp³-hybridized carbons (Fsp3) is 0.286. The fourth-order valence-electron chi connectivity index (χ4n) is 2.14. The van der Waals surface area contributed by atoms with Gasteiger partial charge in [-0.15, -0.1) is 0 Å². The van der Waals surface area contributed by atoms with Crippen molar-refractivity contribution >= 4 is 23.8 Å². The zero-order valence-electron chi connectivity index (χ0n) is 11.6. The molecule has 0 aliphatic rings. The molecule has 5 nitrogen and oxygen atoms in total. The number of aryl methyl sites for hydroxylation is 1. The summed E-state index contributed by atoms with van der Waals surface area (Å²) in [6.45, 7) is 1.94. The number of aromatic hydroxyl groups is 1. The van der Waals surface area contributed by atoms with E-state index < -0.39 is 0 Å². The number of H-pyrrole nitrogens is 2. The molecule has 0 unspecified atom stereocenters. The van der Waals surface area contributed by atoms with Crippen molar-refractivity contribution in [3.05, 3.63) is 49.1 Å². The number of aromatic amines is 2. The molecule has 1 aromatic heterocycles. The largest absolute Gasteiger partial charge is 0.503 e. The van der Waals surface area contributed by atoms with Crippen LogP contribution >= 0.6 is 23.8 Å². The van der Waals surface area contributed by atoms with E-state index in [0.29, 0.717) is 23.2 Å². The summed E-state index contributed by atoms with van der Waals surface area (Å²) in [6, 6.07) is 3.27. The number of hydrogen-bond acceptors (Lipinski definition) is 4. The summed E-state index contributed by atoms with van der Waals surface area (Å²) in [5.74, 6) is 0.163. The highest BCUT2D eigenvalue weighted by Crippen LogP contribution is 2.35. The number of benzene rings is 1. The molecule has 0 aliphatic carbocycles. The molecule has 112 valence electrons. The van der Waals surface area contributed by atoms with Crippen LogP contribution in [0, 0.1) is 4.77 Å². The summed E-state index contributed by atoms with van der Waals surface area (Å²) in [6.07, 6.45) is 1.02. The van der Waals surface area contributed by atoms with Crippen molar-refractivity contribution in [3.8, 4) is 11.5 Å². The van der Waals surface area contributed by atoms with Crippen LogP contribution in [0.2, 0.25) is 5.02 Å². The van der Waals surface area contributed by atoms with E-state index in [2.05, 4.69) is 9.97 Å². The summed E-state index contributed by atoms with van der Waals surface area (Å²) < 4.78 is 5.37. The van der Waals surface area contributed by atoms with Crippen LogP contribution in [0.1, 0.15) is 23.7 Å². The molecule has 1 heterocycles. The van der Waals surface area contributed by atoms with Gasteiger partial charge in [-0.1, -0.05) is 18.5 Å². The van der Waals surface area contributed by atoms with E-state index in [1.807, 2.05) is 6.92 Å². The lowest BCUT2D eigenvalue weighted by Crippen LogP contribution is -2.18. The lowest BCUT2D eigenvalue weighted by molar-refractivity contribution is 0.373. The topological polar surface area (TPSA) is 78.1 Å². The van der Waals surface area contributed by atoms with Crippen LogP contribution in [-0.4, -0.2) is 22.2 Å². The van der Waals surface area contributed by atoms with E-state index in [9.17, 15) is 9.90 Å². The van der Waals surface area contributed by atoms with Gasteiger partial charge in [-0.25, -0.2) is 0 Å². The van der Waals surface area contributed by atoms with Crippen LogP contribution in [0.4, 0.5) is 0 Å². The number of rotatable bonds is 4. The Kier molecular flexibility index (Phi) is 4.69. The van der Waals surface area contributed by atoms with Gasteiger partial charge >= 0.3 is 0 Å². The van der Waals surface area contributed by atoms with E-state index in [0.717, 1.165) is 11.3 Å². The standard InChI is InChI=1S/C14H15ClN2O3S/c1-3-10-8(13(19)17-14(21)16-10)4-7-5-9(15)12(18)11(6-7)20-2/h5-6,18H,3-4H2,1-2H3,(H2,16,17,19,21). The number of halogens is 1. The van der Waals surface area contributed by atoms with Gasteiger partial charge in [-0.05, 0) is 36.3 Å². The van der Waals surface area contributed by atoms with Crippen LogP contribution in [0.25, 0.3) is 0 Å². The molecule has 0 radical (unpaired) electrons. The molecule has 0 spiro atoms. The molecular formula is C14H15ClN2O3S. The first kappa shape index (κ1) is 15.6. The predicted molar refractivity (Wildman–Crippen MR) is 84.1 cm³/mol. The number of phenolic OH excluding ortho intramolecular Hbond substituents is 1. The van der Waals surface area contributed by atoms with Crippen LogP contribution in [0.3, 0.4) is 0 Å². The van der Waals surface area contributed by atoms with Crippen LogP contribution < -0.4 is 10.3 Å². The maximum atomic E-state index is 12.1. The van der Waals surface area contributed by atoms with Gasteiger partial charge in [-0.3, -0.25) is 9.78 Å². The molecule has 0 fully saturated rings. The van der Waals surface area contributed by atoms with E-state index >= 15 is 0 Å². The van der Waals surface area contributed by atoms with Gasteiger partial charge in [0.2, 0.25) is 0 Å². The highest BCUT2D eigenvalue weighted by atomic mass is 35.5. The molecule has 0 saturated carbocycles. The number of aromatic nitrogens is 2. The predicted octanol–water partition coefficient (Wildman–Crippen LogP) is 2.95. The molecule has 2 aromatic rings. The Bertz CT molecular complexity index is 783. The molecule has 0 aliphatic heterocycles. The Labute approximate surface area is 131 Å². The third-order valence-corrected chi connectivity index (χ3v) is 3.66. The van der Waals surface area contributed by atoms with Crippen molar-refractivity contribution in [1.29, 1.82) is 0 Å². The number of ether oxygens (including phenoxy) is 1. The highest BCUT2D eigenvalue weighted by molar-refractivity contribution is 7.71. The van der Waals surface area contributed by atoms with Gasteiger partial charge in [0.15, 0.2) is 16.3 Å². The lowest BCUT2D eigenvalue weighted by atomic mass is 10.0. The molecule has 3 N–H and O–H groups in total. The lowest BCUT2D eigenvalue weighted by Gasteiger charge is -2.10. The van der Waals surface area contributed by atoms with Crippen molar-refractivity contribution in [2.45, 2.75) is 19.8 Å². The summed E-state index contributed by atoms with van der Waals surface area (Å²) >= 11 is 10.9. The molecule has 0 atom stereocenters. The van der Waals surface area contributed by atoms with E-state index in [4.69, 9.17) is 28.6 Å². The van der Waals surface area contributed by atoms with Gasteiger partial charge in [-0.2, -0.15) is 0 Å². The molecule has 21 heavy (non-hydrogen) atoms. The summed E-state index contributed by atoms with van der Waals surface area (Å²) in [7, 11) is 1.44. The van der Waals surface area contributed by atoms with Crippen molar-refractivity contribution in [3.63, 3.8) is 0 Å². The average molecular weight is 327 g/mol. The molecule has 1 aromatic carbocycles. The van der Waals surface area contributed by atoms with Crippen molar-refractivity contribution < 1.29 is 9.84 Å². The van der Waals surface area contributed by atoms with Gasteiger partial charge in [0, 0.05) is 17.7 Å². The average Bonchev–Trinajstić information content (AvgIpc) is 2.45. The van der Waals surface area contributed by atoms with Gasteiger partial charge in [0.05, 0.1) is 12.1 Å². The maximum absolute atomic E-state index is 12.1. The number of hydrogen-bond donors (Lipinski definition) is 3. The third-order valence-electron chi connectivity index (χ3n) is 3.17. The SMILES string of the molecule is CCc1[nH]c(=S)[nH]c(=O)c1Cc1cc(Cl)c(O)c(OC)c1. The third kappa shape index (κ3) is 3.28. The smallest absolute Gasteiger partial charge is 0.255 e. The van der Waals surface area contributed by atoms with Gasteiger partial charge in [0.1, 0.15) is 0 Å². The Balaban J connectivity index is 2.50.